The van der Waals surface area contributed by atoms with Crippen LogP contribution >= 0.6 is 0 Å². The molecule has 6 rings (SSSR count). The Hall–Kier alpha value is -5.58. The summed E-state index contributed by atoms with van der Waals surface area (Å²) in [6.45, 7) is 4.00. The number of aromatic nitrogens is 6. The van der Waals surface area contributed by atoms with Crippen molar-refractivity contribution in [1.29, 1.82) is 0 Å². The van der Waals surface area contributed by atoms with Gasteiger partial charge in [-0.3, -0.25) is 9.97 Å². The van der Waals surface area contributed by atoms with Gasteiger partial charge in [0.2, 0.25) is 17.8 Å². The van der Waals surface area contributed by atoms with Crippen molar-refractivity contribution in [2.75, 3.05) is 53.9 Å². The van der Waals surface area contributed by atoms with Crippen LogP contribution in [0.2, 0.25) is 0 Å². The van der Waals surface area contributed by atoms with E-state index in [-0.39, 0.29) is 0 Å². The van der Waals surface area contributed by atoms with Crippen molar-refractivity contribution in [3.8, 4) is 0 Å². The zero-order valence-electron chi connectivity index (χ0n) is 25.0. The number of aryl methyl sites for hydroxylation is 2. The lowest BCUT2D eigenvalue weighted by atomic mass is 10.1. The number of hydrogen-bond acceptors (Lipinski definition) is 11. The van der Waals surface area contributed by atoms with Gasteiger partial charge in [0, 0.05) is 79.3 Å². The number of nitrogens with one attached hydrogen (secondary N) is 3. The molecule has 216 valence electrons. The average molecular weight is 572 g/mol. The SMILES string of the molecule is Cc1cc(N(C)C)c2cc(Nc3nc(Nc4ccc5nc(C)cc(N(C)C)c5c4)nc(Nc4ccccn4)n3)ccc2n1. The largest absolute Gasteiger partial charge is 0.377 e. The number of benzene rings is 2. The Morgan fingerprint density at radius 2 is 1.02 bits per heavy atom. The van der Waals surface area contributed by atoms with Crippen LogP contribution < -0.4 is 25.8 Å². The van der Waals surface area contributed by atoms with Crippen molar-refractivity contribution in [2.45, 2.75) is 13.8 Å². The van der Waals surface area contributed by atoms with E-state index in [2.05, 4.69) is 65.0 Å². The average Bonchev–Trinajstić information content (AvgIpc) is 2.97. The van der Waals surface area contributed by atoms with Crippen molar-refractivity contribution in [2.24, 2.45) is 0 Å². The minimum Gasteiger partial charge on any atom is -0.377 e. The molecule has 0 saturated carbocycles. The minimum atomic E-state index is 0.345. The van der Waals surface area contributed by atoms with E-state index in [1.165, 1.54) is 0 Å². The first-order chi connectivity index (χ1) is 20.7. The molecule has 0 saturated heterocycles. The Morgan fingerprint density at radius 1 is 0.535 bits per heavy atom. The predicted molar refractivity (Wildman–Crippen MR) is 176 cm³/mol. The summed E-state index contributed by atoms with van der Waals surface area (Å²) in [4.78, 5) is 31.9. The molecule has 11 heteroatoms. The fourth-order valence-corrected chi connectivity index (χ4v) is 4.92. The lowest BCUT2D eigenvalue weighted by Crippen LogP contribution is -2.10. The fourth-order valence-electron chi connectivity index (χ4n) is 4.92. The van der Waals surface area contributed by atoms with E-state index in [1.807, 2.05) is 84.5 Å². The fraction of sp³-hybridized carbons (Fsp3) is 0.188. The summed E-state index contributed by atoms with van der Waals surface area (Å²) in [5.74, 6) is 1.71. The highest BCUT2D eigenvalue weighted by Gasteiger charge is 2.13. The molecule has 0 fully saturated rings. The van der Waals surface area contributed by atoms with E-state index in [9.17, 15) is 0 Å². The zero-order chi connectivity index (χ0) is 30.1. The summed E-state index contributed by atoms with van der Waals surface area (Å²) < 4.78 is 0. The van der Waals surface area contributed by atoms with E-state index >= 15 is 0 Å². The second-order valence-corrected chi connectivity index (χ2v) is 10.7. The predicted octanol–water partition coefficient (Wildman–Crippen LogP) is 6.34. The molecule has 0 aliphatic heterocycles. The molecule has 3 N–H and O–H groups in total. The van der Waals surface area contributed by atoms with Gasteiger partial charge < -0.3 is 25.8 Å². The Bertz CT molecular complexity index is 1820. The third-order valence-corrected chi connectivity index (χ3v) is 6.85. The van der Waals surface area contributed by atoms with Crippen LogP contribution in [0.15, 0.2) is 72.9 Å². The van der Waals surface area contributed by atoms with Crippen molar-refractivity contribution in [1.82, 2.24) is 29.9 Å². The van der Waals surface area contributed by atoms with Crippen LogP contribution in [-0.2, 0) is 0 Å². The number of pyridine rings is 3. The third kappa shape index (κ3) is 6.05. The van der Waals surface area contributed by atoms with Gasteiger partial charge in [0.15, 0.2) is 0 Å². The molecule has 0 amide bonds. The van der Waals surface area contributed by atoms with E-state index in [0.29, 0.717) is 23.7 Å². The van der Waals surface area contributed by atoms with E-state index < -0.39 is 0 Å². The van der Waals surface area contributed by atoms with Gasteiger partial charge in [-0.2, -0.15) is 15.0 Å². The highest BCUT2D eigenvalue weighted by molar-refractivity contribution is 5.95. The first kappa shape index (κ1) is 27.6. The maximum Gasteiger partial charge on any atom is 0.235 e. The molecule has 43 heavy (non-hydrogen) atoms. The monoisotopic (exact) mass is 571 g/mol. The molecule has 0 bridgehead atoms. The van der Waals surface area contributed by atoms with Gasteiger partial charge in [0.1, 0.15) is 5.82 Å². The number of rotatable bonds is 8. The smallest absolute Gasteiger partial charge is 0.235 e. The van der Waals surface area contributed by atoms with Gasteiger partial charge in [-0.1, -0.05) is 6.07 Å². The van der Waals surface area contributed by atoms with Gasteiger partial charge in [-0.25, -0.2) is 4.98 Å². The quantitative estimate of drug-likeness (QED) is 0.190. The number of fused-ring (bicyclic) bond motifs is 2. The first-order valence-corrected chi connectivity index (χ1v) is 13.9. The number of anilines is 8. The minimum absolute atomic E-state index is 0.345. The van der Waals surface area contributed by atoms with Crippen molar-refractivity contribution in [3.63, 3.8) is 0 Å². The molecular weight excluding hydrogens is 538 g/mol. The summed E-state index contributed by atoms with van der Waals surface area (Å²) in [7, 11) is 8.11. The Kier molecular flexibility index (Phi) is 7.29. The maximum atomic E-state index is 4.71. The van der Waals surface area contributed by atoms with E-state index in [4.69, 9.17) is 15.0 Å². The Labute approximate surface area is 250 Å². The molecule has 0 radical (unpaired) electrons. The molecule has 0 aliphatic carbocycles. The molecule has 2 aromatic carbocycles. The van der Waals surface area contributed by atoms with Gasteiger partial charge in [-0.15, -0.1) is 0 Å². The van der Waals surface area contributed by atoms with Gasteiger partial charge in [0.25, 0.3) is 0 Å². The van der Waals surface area contributed by atoms with Crippen LogP contribution in [0.1, 0.15) is 11.4 Å². The number of nitrogens with zero attached hydrogens (tertiary/aromatic N) is 8. The third-order valence-electron chi connectivity index (χ3n) is 6.85. The van der Waals surface area contributed by atoms with Crippen LogP contribution in [0.4, 0.5) is 46.4 Å². The highest BCUT2D eigenvalue weighted by atomic mass is 15.3. The highest BCUT2D eigenvalue weighted by Crippen LogP contribution is 2.31. The summed E-state index contributed by atoms with van der Waals surface area (Å²) in [6.07, 6.45) is 1.71. The molecule has 11 nitrogen and oxygen atoms in total. The van der Waals surface area contributed by atoms with Crippen molar-refractivity contribution in [3.05, 3.63) is 84.3 Å². The van der Waals surface area contributed by atoms with Crippen molar-refractivity contribution >= 4 is 68.2 Å². The lowest BCUT2D eigenvalue weighted by molar-refractivity contribution is 1.06. The van der Waals surface area contributed by atoms with Crippen LogP contribution in [-0.4, -0.2) is 58.1 Å². The number of hydrogen-bond donors (Lipinski definition) is 3. The summed E-state index contributed by atoms with van der Waals surface area (Å²) in [5, 5.41) is 12.0. The molecule has 4 aromatic heterocycles. The summed E-state index contributed by atoms with van der Waals surface area (Å²) in [6, 6.07) is 21.8. The van der Waals surface area contributed by atoms with E-state index in [0.717, 1.165) is 55.9 Å². The van der Waals surface area contributed by atoms with Crippen molar-refractivity contribution < 1.29 is 0 Å². The maximum absolute atomic E-state index is 4.71. The van der Waals surface area contributed by atoms with Crippen LogP contribution in [0.3, 0.4) is 0 Å². The topological polar surface area (TPSA) is 120 Å². The van der Waals surface area contributed by atoms with Gasteiger partial charge in [0.05, 0.1) is 11.0 Å². The second-order valence-electron chi connectivity index (χ2n) is 10.7. The Balaban J connectivity index is 1.38. The second kappa shape index (κ2) is 11.4. The molecule has 0 spiro atoms. The molecule has 0 aliphatic rings. The molecule has 0 atom stereocenters. The normalized spacial score (nSPS) is 11.0. The zero-order valence-corrected chi connectivity index (χ0v) is 25.0. The van der Waals surface area contributed by atoms with Gasteiger partial charge in [-0.05, 0) is 74.5 Å². The van der Waals surface area contributed by atoms with Crippen LogP contribution in [0.25, 0.3) is 21.8 Å². The summed E-state index contributed by atoms with van der Waals surface area (Å²) in [5.41, 5.74) is 7.58. The Morgan fingerprint density at radius 3 is 1.47 bits per heavy atom. The van der Waals surface area contributed by atoms with Crippen LogP contribution in [0, 0.1) is 13.8 Å². The van der Waals surface area contributed by atoms with Crippen LogP contribution in [0.5, 0.6) is 0 Å². The summed E-state index contributed by atoms with van der Waals surface area (Å²) >= 11 is 0. The molecule has 0 unspecified atom stereocenters. The van der Waals surface area contributed by atoms with Gasteiger partial charge >= 0.3 is 0 Å². The molecular formula is C32H33N11. The van der Waals surface area contributed by atoms with E-state index in [1.54, 1.807) is 6.20 Å². The molecule has 6 aromatic rings. The standard InChI is InChI=1S/C32H33N11/c1-19-15-27(42(3)4)23-17-21(10-12-25(23)34-19)36-30-39-31(41-32(40-30)38-29-9-7-8-14-33-29)37-22-11-13-26-24(18-22)28(43(5)6)16-20(2)35-26/h7-18H,1-6H3,(H3,33,36,37,38,39,40,41). The lowest BCUT2D eigenvalue weighted by Gasteiger charge is -2.17. The first-order valence-electron chi connectivity index (χ1n) is 13.9. The molecule has 4 heterocycles.